The van der Waals surface area contributed by atoms with Gasteiger partial charge in [0.2, 0.25) is 0 Å². The molecule has 0 saturated heterocycles. The molecule has 1 aromatic heterocycles. The maximum atomic E-state index is 12.1. The second-order valence-electron chi connectivity index (χ2n) is 5.22. The van der Waals surface area contributed by atoms with Crippen LogP contribution >= 0.6 is 0 Å². The van der Waals surface area contributed by atoms with Crippen molar-refractivity contribution in [3.63, 3.8) is 0 Å². The van der Waals surface area contributed by atoms with Gasteiger partial charge in [-0.25, -0.2) is 4.79 Å². The quantitative estimate of drug-likeness (QED) is 0.583. The van der Waals surface area contributed by atoms with Crippen molar-refractivity contribution in [2.45, 2.75) is 6.92 Å². The monoisotopic (exact) mass is 316 g/mol. The molecule has 2 aromatic carbocycles. The number of ether oxygens (including phenoxy) is 1. The lowest BCUT2D eigenvalue weighted by atomic mass is 9.93. The predicted molar refractivity (Wildman–Crippen MR) is 93.2 cm³/mol. The Morgan fingerprint density at radius 3 is 2.71 bits per heavy atom. The Morgan fingerprint density at radius 1 is 1.21 bits per heavy atom. The molecule has 1 N–H and O–H groups in total. The zero-order valence-electron chi connectivity index (χ0n) is 13.2. The Kier molecular flexibility index (Phi) is 4.44. The van der Waals surface area contributed by atoms with Gasteiger partial charge in [0.15, 0.2) is 0 Å². The van der Waals surface area contributed by atoms with Crippen LogP contribution in [0.2, 0.25) is 0 Å². The highest BCUT2D eigenvalue weighted by Crippen LogP contribution is 2.31. The van der Waals surface area contributed by atoms with Crippen LogP contribution in [0.5, 0.6) is 0 Å². The normalized spacial score (nSPS) is 11.2. The van der Waals surface area contributed by atoms with Gasteiger partial charge in [-0.1, -0.05) is 42.5 Å². The SMILES string of the molecule is CCOC(=O)/C=C(\c1ccccc1)c1cccc2[nH]cc(C#N)c12. The fourth-order valence-corrected chi connectivity index (χ4v) is 2.73. The molecule has 4 heteroatoms. The first kappa shape index (κ1) is 15.6. The summed E-state index contributed by atoms with van der Waals surface area (Å²) in [7, 11) is 0. The number of H-pyrrole nitrogens is 1. The van der Waals surface area contributed by atoms with Gasteiger partial charge in [0.25, 0.3) is 0 Å². The molecule has 0 aliphatic heterocycles. The number of aromatic amines is 1. The van der Waals surface area contributed by atoms with Crippen molar-refractivity contribution in [1.29, 1.82) is 5.26 Å². The highest BCUT2D eigenvalue weighted by molar-refractivity contribution is 6.04. The Bertz CT molecular complexity index is 947. The number of hydrogen-bond acceptors (Lipinski definition) is 3. The number of carbonyl (C=O) groups excluding carboxylic acids is 1. The zero-order chi connectivity index (χ0) is 16.9. The van der Waals surface area contributed by atoms with Crippen LogP contribution in [-0.4, -0.2) is 17.6 Å². The summed E-state index contributed by atoms with van der Waals surface area (Å²) >= 11 is 0. The van der Waals surface area contributed by atoms with E-state index in [1.807, 2.05) is 48.5 Å². The fraction of sp³-hybridized carbons (Fsp3) is 0.100. The van der Waals surface area contributed by atoms with Crippen molar-refractivity contribution < 1.29 is 9.53 Å². The zero-order valence-corrected chi connectivity index (χ0v) is 13.2. The van der Waals surface area contributed by atoms with Crippen LogP contribution in [0.15, 0.2) is 60.8 Å². The smallest absolute Gasteiger partial charge is 0.331 e. The summed E-state index contributed by atoms with van der Waals surface area (Å²) in [6.45, 7) is 2.09. The molecule has 1 heterocycles. The van der Waals surface area contributed by atoms with Crippen LogP contribution in [0.4, 0.5) is 0 Å². The van der Waals surface area contributed by atoms with Crippen LogP contribution in [0.1, 0.15) is 23.6 Å². The third kappa shape index (κ3) is 2.92. The van der Waals surface area contributed by atoms with Crippen LogP contribution < -0.4 is 0 Å². The lowest BCUT2D eigenvalue weighted by Gasteiger charge is -2.10. The topological polar surface area (TPSA) is 65.9 Å². The summed E-state index contributed by atoms with van der Waals surface area (Å²) in [5, 5.41) is 10.2. The number of rotatable bonds is 4. The molecule has 0 atom stereocenters. The minimum absolute atomic E-state index is 0.315. The van der Waals surface area contributed by atoms with E-state index in [9.17, 15) is 10.1 Å². The second-order valence-corrected chi connectivity index (χ2v) is 5.22. The number of esters is 1. The van der Waals surface area contributed by atoms with Gasteiger partial charge in [-0.3, -0.25) is 0 Å². The first-order chi connectivity index (χ1) is 11.7. The van der Waals surface area contributed by atoms with Crippen LogP contribution in [-0.2, 0) is 9.53 Å². The van der Waals surface area contributed by atoms with Crippen molar-refractivity contribution in [3.05, 3.63) is 77.5 Å². The summed E-state index contributed by atoms with van der Waals surface area (Å²) in [5.74, 6) is -0.401. The molecule has 3 aromatic rings. The Balaban J connectivity index is 2.26. The number of carbonyl (C=O) groups is 1. The van der Waals surface area contributed by atoms with E-state index in [0.29, 0.717) is 12.2 Å². The molecule has 0 spiro atoms. The summed E-state index contributed by atoms with van der Waals surface area (Å²) in [5.41, 5.74) is 3.85. The number of nitrogens with zero attached hydrogens (tertiary/aromatic N) is 1. The van der Waals surface area contributed by atoms with Gasteiger partial charge in [-0.05, 0) is 29.7 Å². The molecule has 3 rings (SSSR count). The molecule has 0 radical (unpaired) electrons. The average Bonchev–Trinajstić information content (AvgIpc) is 3.04. The molecule has 24 heavy (non-hydrogen) atoms. The maximum absolute atomic E-state index is 12.1. The van der Waals surface area contributed by atoms with Gasteiger partial charge in [-0.2, -0.15) is 5.26 Å². The van der Waals surface area contributed by atoms with E-state index in [2.05, 4.69) is 11.1 Å². The van der Waals surface area contributed by atoms with E-state index in [0.717, 1.165) is 27.6 Å². The molecule has 4 nitrogen and oxygen atoms in total. The average molecular weight is 316 g/mol. The van der Waals surface area contributed by atoms with Crippen molar-refractivity contribution >= 4 is 22.4 Å². The second kappa shape index (κ2) is 6.84. The molecule has 0 aliphatic rings. The van der Waals surface area contributed by atoms with Gasteiger partial charge in [0.1, 0.15) is 6.07 Å². The minimum Gasteiger partial charge on any atom is -0.463 e. The number of hydrogen-bond donors (Lipinski definition) is 1. The van der Waals surface area contributed by atoms with E-state index in [1.165, 1.54) is 6.08 Å². The number of nitrogens with one attached hydrogen (secondary N) is 1. The summed E-state index contributed by atoms with van der Waals surface area (Å²) in [6.07, 6.45) is 3.17. The molecular weight excluding hydrogens is 300 g/mol. The predicted octanol–water partition coefficient (Wildman–Crippen LogP) is 4.03. The summed E-state index contributed by atoms with van der Waals surface area (Å²) in [4.78, 5) is 15.2. The number of fused-ring (bicyclic) bond motifs is 1. The van der Waals surface area contributed by atoms with Crippen molar-refractivity contribution in [2.24, 2.45) is 0 Å². The van der Waals surface area contributed by atoms with Crippen LogP contribution in [0, 0.1) is 11.3 Å². The molecular formula is C20H16N2O2. The third-order valence-corrected chi connectivity index (χ3v) is 3.75. The Morgan fingerprint density at radius 2 is 2.00 bits per heavy atom. The Labute approximate surface area is 140 Å². The number of aromatic nitrogens is 1. The highest BCUT2D eigenvalue weighted by atomic mass is 16.5. The first-order valence-corrected chi connectivity index (χ1v) is 7.69. The third-order valence-electron chi connectivity index (χ3n) is 3.75. The number of benzene rings is 2. The van der Waals surface area contributed by atoms with E-state index in [1.54, 1.807) is 13.1 Å². The van der Waals surface area contributed by atoms with Gasteiger partial charge >= 0.3 is 5.97 Å². The van der Waals surface area contributed by atoms with Crippen molar-refractivity contribution in [1.82, 2.24) is 4.98 Å². The molecule has 118 valence electrons. The van der Waals surface area contributed by atoms with Gasteiger partial charge in [0.05, 0.1) is 12.2 Å². The summed E-state index contributed by atoms with van der Waals surface area (Å²) in [6, 6.07) is 17.5. The Hall–Kier alpha value is -3.32. The largest absolute Gasteiger partial charge is 0.463 e. The van der Waals surface area contributed by atoms with E-state index in [4.69, 9.17) is 4.74 Å². The molecule has 0 fully saturated rings. The lowest BCUT2D eigenvalue weighted by molar-refractivity contribution is -0.137. The van der Waals surface area contributed by atoms with E-state index in [-0.39, 0.29) is 0 Å². The molecule has 0 unspecified atom stereocenters. The van der Waals surface area contributed by atoms with Gasteiger partial charge in [0, 0.05) is 23.2 Å². The van der Waals surface area contributed by atoms with Crippen molar-refractivity contribution in [2.75, 3.05) is 6.61 Å². The number of nitriles is 1. The molecule has 0 saturated carbocycles. The minimum atomic E-state index is -0.401. The standard InChI is InChI=1S/C20H16N2O2/c1-2-24-19(23)11-17(14-7-4-3-5-8-14)16-9-6-10-18-20(16)15(12-21)13-22-18/h3-11,13,22H,2H2,1H3/b17-11+. The molecule has 0 bridgehead atoms. The molecule has 0 aliphatic carbocycles. The van der Waals surface area contributed by atoms with Crippen LogP contribution in [0.3, 0.4) is 0 Å². The van der Waals surface area contributed by atoms with Gasteiger partial charge < -0.3 is 9.72 Å². The fourth-order valence-electron chi connectivity index (χ4n) is 2.73. The highest BCUT2D eigenvalue weighted by Gasteiger charge is 2.15. The molecule has 0 amide bonds. The van der Waals surface area contributed by atoms with Gasteiger partial charge in [-0.15, -0.1) is 0 Å². The van der Waals surface area contributed by atoms with Crippen LogP contribution in [0.25, 0.3) is 16.5 Å². The maximum Gasteiger partial charge on any atom is 0.331 e. The first-order valence-electron chi connectivity index (χ1n) is 7.69. The lowest BCUT2D eigenvalue weighted by Crippen LogP contribution is -2.02. The van der Waals surface area contributed by atoms with E-state index >= 15 is 0 Å². The van der Waals surface area contributed by atoms with E-state index < -0.39 is 5.97 Å². The van der Waals surface area contributed by atoms with Crippen molar-refractivity contribution in [3.8, 4) is 6.07 Å². The summed E-state index contributed by atoms with van der Waals surface area (Å²) < 4.78 is 5.08.